The van der Waals surface area contributed by atoms with E-state index in [2.05, 4.69) is 22.0 Å². The molecule has 1 aromatic heterocycles. The van der Waals surface area contributed by atoms with Gasteiger partial charge in [-0.1, -0.05) is 24.3 Å². The Morgan fingerprint density at radius 3 is 2.63 bits per heavy atom. The molecule has 1 aromatic carbocycles. The highest BCUT2D eigenvalue weighted by atomic mass is 16.5. The number of carbonyl (C=O) groups is 1. The summed E-state index contributed by atoms with van der Waals surface area (Å²) >= 11 is 0. The normalized spacial score (nSPS) is 15.8. The lowest BCUT2D eigenvalue weighted by Gasteiger charge is -2.35. The topological polar surface area (TPSA) is 65.9 Å². The Morgan fingerprint density at radius 1 is 1.22 bits per heavy atom. The van der Waals surface area contributed by atoms with E-state index in [-0.39, 0.29) is 6.54 Å². The van der Waals surface area contributed by atoms with Crippen molar-refractivity contribution in [3.63, 3.8) is 0 Å². The van der Waals surface area contributed by atoms with Crippen LogP contribution >= 0.6 is 0 Å². The van der Waals surface area contributed by atoms with E-state index in [1.165, 1.54) is 5.56 Å². The van der Waals surface area contributed by atoms with Gasteiger partial charge >= 0.3 is 5.97 Å². The van der Waals surface area contributed by atoms with Crippen LogP contribution in [-0.4, -0.2) is 59.3 Å². The van der Waals surface area contributed by atoms with Gasteiger partial charge in [0.1, 0.15) is 5.75 Å². The highest BCUT2D eigenvalue weighted by Crippen LogP contribution is 2.33. The highest BCUT2D eigenvalue weighted by molar-refractivity contribution is 5.69. The first-order valence-corrected chi connectivity index (χ1v) is 9.35. The van der Waals surface area contributed by atoms with Crippen LogP contribution in [0.4, 0.5) is 0 Å². The fourth-order valence-electron chi connectivity index (χ4n) is 3.74. The summed E-state index contributed by atoms with van der Waals surface area (Å²) < 4.78 is 5.51. The van der Waals surface area contributed by atoms with E-state index in [1.807, 2.05) is 35.2 Å². The molecule has 0 radical (unpaired) electrons. The molecule has 1 N–H and O–H groups in total. The van der Waals surface area contributed by atoms with Crippen molar-refractivity contribution in [3.05, 3.63) is 59.9 Å². The third kappa shape index (κ3) is 5.52. The van der Waals surface area contributed by atoms with Gasteiger partial charge in [-0.25, -0.2) is 0 Å². The maximum Gasteiger partial charge on any atom is 0.317 e. The van der Waals surface area contributed by atoms with Gasteiger partial charge in [0.25, 0.3) is 0 Å². The van der Waals surface area contributed by atoms with Gasteiger partial charge in [0.15, 0.2) is 0 Å². The Balaban J connectivity index is 1.58. The Bertz CT molecular complexity index is 730. The summed E-state index contributed by atoms with van der Waals surface area (Å²) in [6.45, 7) is 3.09. The van der Waals surface area contributed by atoms with E-state index in [0.29, 0.717) is 19.1 Å². The highest BCUT2D eigenvalue weighted by Gasteiger charge is 2.24. The summed E-state index contributed by atoms with van der Waals surface area (Å²) in [5.74, 6) is 0.634. The van der Waals surface area contributed by atoms with Gasteiger partial charge in [0.2, 0.25) is 0 Å². The first-order valence-electron chi connectivity index (χ1n) is 9.35. The van der Waals surface area contributed by atoms with Gasteiger partial charge < -0.3 is 9.84 Å². The largest absolute Gasteiger partial charge is 0.496 e. The van der Waals surface area contributed by atoms with Crippen LogP contribution in [0.15, 0.2) is 48.7 Å². The van der Waals surface area contributed by atoms with Crippen LogP contribution in [0.1, 0.15) is 30.0 Å². The number of nitrogens with zero attached hydrogens (tertiary/aromatic N) is 3. The number of hydrogen-bond donors (Lipinski definition) is 1. The predicted molar refractivity (Wildman–Crippen MR) is 104 cm³/mol. The molecule has 27 heavy (non-hydrogen) atoms. The van der Waals surface area contributed by atoms with Crippen molar-refractivity contribution < 1.29 is 14.6 Å². The molecule has 0 amide bonds. The molecule has 0 spiro atoms. The Hall–Kier alpha value is -2.44. The van der Waals surface area contributed by atoms with Gasteiger partial charge in [-0.2, -0.15) is 0 Å². The number of carboxylic acid groups (broad SMARTS) is 1. The SMILES string of the molecule is COc1ccccc1C1CCN(CN(CC(=O)O)Cc2ccccn2)CC1. The zero-order valence-electron chi connectivity index (χ0n) is 15.8. The van der Waals surface area contributed by atoms with Gasteiger partial charge in [-0.05, 0) is 55.6 Å². The number of rotatable bonds is 8. The van der Waals surface area contributed by atoms with E-state index >= 15 is 0 Å². The van der Waals surface area contributed by atoms with Crippen molar-refractivity contribution in [2.24, 2.45) is 0 Å². The molecule has 0 bridgehead atoms. The molecule has 1 aliphatic rings. The number of carboxylic acids is 1. The molecule has 1 aliphatic heterocycles. The smallest absolute Gasteiger partial charge is 0.317 e. The number of benzene rings is 1. The minimum absolute atomic E-state index is 0.0169. The van der Waals surface area contributed by atoms with Crippen molar-refractivity contribution >= 4 is 5.97 Å². The number of likely N-dealkylation sites (tertiary alicyclic amines) is 1. The van der Waals surface area contributed by atoms with E-state index in [0.717, 1.165) is 37.4 Å². The number of ether oxygens (including phenoxy) is 1. The number of pyridine rings is 1. The Morgan fingerprint density at radius 2 is 1.96 bits per heavy atom. The minimum atomic E-state index is -0.810. The molecular formula is C21H27N3O3. The summed E-state index contributed by atoms with van der Waals surface area (Å²) in [5.41, 5.74) is 2.16. The maximum absolute atomic E-state index is 11.3. The predicted octanol–water partition coefficient (Wildman–Crippen LogP) is 2.81. The first-order chi connectivity index (χ1) is 13.2. The number of para-hydroxylation sites is 1. The molecule has 3 rings (SSSR count). The molecular weight excluding hydrogens is 342 g/mol. The van der Waals surface area contributed by atoms with Gasteiger partial charge in [-0.3, -0.25) is 19.6 Å². The maximum atomic E-state index is 11.3. The lowest BCUT2D eigenvalue weighted by atomic mass is 9.89. The van der Waals surface area contributed by atoms with Crippen LogP contribution in [0.3, 0.4) is 0 Å². The fraction of sp³-hybridized carbons (Fsp3) is 0.429. The summed E-state index contributed by atoms with van der Waals surface area (Å²) in [6.07, 6.45) is 3.84. The average molecular weight is 369 g/mol. The summed E-state index contributed by atoms with van der Waals surface area (Å²) in [7, 11) is 1.72. The molecule has 1 saturated heterocycles. The molecule has 0 saturated carbocycles. The van der Waals surface area contributed by atoms with Crippen LogP contribution in [0.5, 0.6) is 5.75 Å². The quantitative estimate of drug-likeness (QED) is 0.772. The number of aliphatic carboxylic acids is 1. The second-order valence-electron chi connectivity index (χ2n) is 6.98. The number of aromatic nitrogens is 1. The third-order valence-electron chi connectivity index (χ3n) is 5.04. The van der Waals surface area contributed by atoms with Gasteiger partial charge in [-0.15, -0.1) is 0 Å². The number of methoxy groups -OCH3 is 1. The summed E-state index contributed by atoms with van der Waals surface area (Å²) in [4.78, 5) is 19.8. The lowest BCUT2D eigenvalue weighted by Crippen LogP contribution is -2.43. The first kappa shape index (κ1) is 19.3. The standard InChI is InChI=1S/C21H27N3O3/c1-27-20-8-3-2-7-19(20)17-9-12-23(13-10-17)16-24(15-21(25)26)14-18-6-4-5-11-22-18/h2-8,11,17H,9-10,12-16H2,1H3,(H,25,26). The lowest BCUT2D eigenvalue weighted by molar-refractivity contribution is -0.139. The van der Waals surface area contributed by atoms with E-state index in [9.17, 15) is 9.90 Å². The monoisotopic (exact) mass is 369 g/mol. The van der Waals surface area contributed by atoms with Crippen molar-refractivity contribution in [1.82, 2.24) is 14.8 Å². The molecule has 2 heterocycles. The Kier molecular flexibility index (Phi) is 6.79. The zero-order valence-corrected chi connectivity index (χ0v) is 15.8. The second-order valence-corrected chi connectivity index (χ2v) is 6.98. The molecule has 144 valence electrons. The van der Waals surface area contributed by atoms with Crippen molar-refractivity contribution in [2.75, 3.05) is 33.4 Å². The summed E-state index contributed by atoms with van der Waals surface area (Å²) in [6, 6.07) is 14.0. The van der Waals surface area contributed by atoms with Crippen LogP contribution < -0.4 is 4.74 Å². The zero-order chi connectivity index (χ0) is 19.1. The second kappa shape index (κ2) is 9.48. The van der Waals surface area contributed by atoms with Crippen LogP contribution in [0.25, 0.3) is 0 Å². The fourth-order valence-corrected chi connectivity index (χ4v) is 3.74. The van der Waals surface area contributed by atoms with Crippen LogP contribution in [0.2, 0.25) is 0 Å². The van der Waals surface area contributed by atoms with Crippen LogP contribution in [0, 0.1) is 0 Å². The number of hydrogen-bond acceptors (Lipinski definition) is 5. The van der Waals surface area contributed by atoms with Gasteiger partial charge in [0.05, 0.1) is 26.0 Å². The van der Waals surface area contributed by atoms with Crippen molar-refractivity contribution in [1.29, 1.82) is 0 Å². The van der Waals surface area contributed by atoms with E-state index < -0.39 is 5.97 Å². The Labute approximate surface area is 160 Å². The van der Waals surface area contributed by atoms with E-state index in [1.54, 1.807) is 13.3 Å². The number of piperidine rings is 1. The molecule has 0 aliphatic carbocycles. The molecule has 0 unspecified atom stereocenters. The summed E-state index contributed by atoms with van der Waals surface area (Å²) in [5, 5.41) is 9.25. The molecule has 0 atom stereocenters. The average Bonchev–Trinajstić information content (AvgIpc) is 2.69. The van der Waals surface area contributed by atoms with Crippen LogP contribution in [-0.2, 0) is 11.3 Å². The van der Waals surface area contributed by atoms with E-state index in [4.69, 9.17) is 4.74 Å². The van der Waals surface area contributed by atoms with Gasteiger partial charge in [0, 0.05) is 12.7 Å². The third-order valence-corrected chi connectivity index (χ3v) is 5.04. The molecule has 6 nitrogen and oxygen atoms in total. The molecule has 1 fully saturated rings. The minimum Gasteiger partial charge on any atom is -0.496 e. The van der Waals surface area contributed by atoms with Crippen molar-refractivity contribution in [2.45, 2.75) is 25.3 Å². The van der Waals surface area contributed by atoms with Crippen molar-refractivity contribution in [3.8, 4) is 5.75 Å². The molecule has 6 heteroatoms. The molecule has 2 aromatic rings.